The Hall–Kier alpha value is -2.21. The van der Waals surface area contributed by atoms with E-state index in [0.29, 0.717) is 35.7 Å². The van der Waals surface area contributed by atoms with Gasteiger partial charge in [-0.1, -0.05) is 13.8 Å². The van der Waals surface area contributed by atoms with Crippen LogP contribution in [0, 0.1) is 11.8 Å². The Morgan fingerprint density at radius 2 is 1.85 bits per heavy atom. The van der Waals surface area contributed by atoms with E-state index in [-0.39, 0.29) is 23.6 Å². The monoisotopic (exact) mass is 372 g/mol. The van der Waals surface area contributed by atoms with E-state index in [9.17, 15) is 14.4 Å². The van der Waals surface area contributed by atoms with Crippen molar-refractivity contribution in [2.75, 3.05) is 33.4 Å². The maximum absolute atomic E-state index is 12.8. The number of rotatable bonds is 6. The van der Waals surface area contributed by atoms with Crippen LogP contribution in [0.4, 0.5) is 0 Å². The molecule has 146 valence electrons. The van der Waals surface area contributed by atoms with Crippen LogP contribution in [-0.2, 0) is 4.74 Å². The van der Waals surface area contributed by atoms with Gasteiger partial charge in [0.15, 0.2) is 0 Å². The van der Waals surface area contributed by atoms with E-state index >= 15 is 0 Å². The van der Waals surface area contributed by atoms with Gasteiger partial charge in [-0.05, 0) is 49.3 Å². The molecule has 27 heavy (non-hydrogen) atoms. The second-order valence-corrected chi connectivity index (χ2v) is 7.95. The number of benzene rings is 1. The van der Waals surface area contributed by atoms with Gasteiger partial charge in [0.25, 0.3) is 17.7 Å². The molecule has 3 amide bonds. The van der Waals surface area contributed by atoms with Crippen LogP contribution in [-0.4, -0.2) is 60.9 Å². The molecule has 0 saturated carbocycles. The van der Waals surface area contributed by atoms with Crippen LogP contribution >= 0.6 is 0 Å². The summed E-state index contributed by atoms with van der Waals surface area (Å²) < 4.78 is 5.37. The standard InChI is InChI=1S/C21H28N2O4/c1-14(2)13-23-20(25)17-5-4-16(12-18(17)21(23)26)19(24)22(3)9-6-15-7-10-27-11-8-15/h4-5,12,14-15H,6-11,13H2,1-3H3. The summed E-state index contributed by atoms with van der Waals surface area (Å²) in [6.45, 7) is 6.59. The normalized spacial score (nSPS) is 17.6. The van der Waals surface area contributed by atoms with Crippen LogP contribution in [0.1, 0.15) is 64.2 Å². The second-order valence-electron chi connectivity index (χ2n) is 7.95. The highest BCUT2D eigenvalue weighted by Gasteiger charge is 2.36. The molecule has 2 aliphatic rings. The first-order chi connectivity index (χ1) is 12.9. The van der Waals surface area contributed by atoms with Gasteiger partial charge in [0.1, 0.15) is 0 Å². The lowest BCUT2D eigenvalue weighted by Crippen LogP contribution is -2.33. The molecule has 6 nitrogen and oxygen atoms in total. The predicted molar refractivity (Wildman–Crippen MR) is 102 cm³/mol. The van der Waals surface area contributed by atoms with Crippen molar-refractivity contribution >= 4 is 17.7 Å². The van der Waals surface area contributed by atoms with Crippen molar-refractivity contribution in [2.24, 2.45) is 11.8 Å². The highest BCUT2D eigenvalue weighted by molar-refractivity contribution is 6.22. The fourth-order valence-electron chi connectivity index (χ4n) is 3.69. The number of nitrogens with zero attached hydrogens (tertiary/aromatic N) is 2. The average Bonchev–Trinajstić information content (AvgIpc) is 2.90. The number of imide groups is 1. The molecule has 3 rings (SSSR count). The third-order valence-electron chi connectivity index (χ3n) is 5.33. The zero-order valence-electron chi connectivity index (χ0n) is 16.4. The van der Waals surface area contributed by atoms with Crippen molar-refractivity contribution in [3.8, 4) is 0 Å². The van der Waals surface area contributed by atoms with E-state index in [1.165, 1.54) is 4.90 Å². The van der Waals surface area contributed by atoms with E-state index in [1.54, 1.807) is 30.1 Å². The Morgan fingerprint density at radius 1 is 1.19 bits per heavy atom. The van der Waals surface area contributed by atoms with Gasteiger partial charge in [0.2, 0.25) is 0 Å². The summed E-state index contributed by atoms with van der Waals surface area (Å²) in [5, 5.41) is 0. The zero-order chi connectivity index (χ0) is 19.6. The molecule has 0 radical (unpaired) electrons. The molecule has 0 N–H and O–H groups in total. The van der Waals surface area contributed by atoms with Crippen LogP contribution < -0.4 is 0 Å². The molecule has 1 saturated heterocycles. The number of hydrogen-bond acceptors (Lipinski definition) is 4. The second kappa shape index (κ2) is 8.21. The van der Waals surface area contributed by atoms with Gasteiger partial charge in [0.05, 0.1) is 11.1 Å². The van der Waals surface area contributed by atoms with Crippen LogP contribution in [0.25, 0.3) is 0 Å². The maximum atomic E-state index is 12.8. The average molecular weight is 372 g/mol. The van der Waals surface area contributed by atoms with Crippen LogP contribution in [0.2, 0.25) is 0 Å². The summed E-state index contributed by atoms with van der Waals surface area (Å²) >= 11 is 0. The minimum atomic E-state index is -0.303. The first kappa shape index (κ1) is 19.5. The van der Waals surface area contributed by atoms with Gasteiger partial charge in [0, 0.05) is 38.9 Å². The molecule has 0 bridgehead atoms. The van der Waals surface area contributed by atoms with Gasteiger partial charge in [-0.3, -0.25) is 19.3 Å². The van der Waals surface area contributed by atoms with Crippen molar-refractivity contribution in [3.63, 3.8) is 0 Å². The van der Waals surface area contributed by atoms with Crippen molar-refractivity contribution in [3.05, 3.63) is 34.9 Å². The Morgan fingerprint density at radius 3 is 2.52 bits per heavy atom. The number of carbonyl (C=O) groups excluding carboxylic acids is 3. The molecule has 1 aromatic rings. The molecule has 1 aromatic carbocycles. The fraction of sp³-hybridized carbons (Fsp3) is 0.571. The van der Waals surface area contributed by atoms with Gasteiger partial charge >= 0.3 is 0 Å². The lowest BCUT2D eigenvalue weighted by Gasteiger charge is -2.25. The lowest BCUT2D eigenvalue weighted by molar-refractivity contribution is 0.0583. The zero-order valence-corrected chi connectivity index (χ0v) is 16.4. The molecule has 1 fully saturated rings. The summed E-state index contributed by atoms with van der Waals surface area (Å²) in [5.74, 6) is 0.105. The van der Waals surface area contributed by atoms with Crippen molar-refractivity contribution in [1.82, 2.24) is 9.80 Å². The molecular weight excluding hydrogens is 344 g/mol. The van der Waals surface area contributed by atoms with E-state index in [2.05, 4.69) is 0 Å². The molecule has 0 aromatic heterocycles. The third kappa shape index (κ3) is 4.21. The summed E-state index contributed by atoms with van der Waals surface area (Å²) in [7, 11) is 1.78. The molecule has 2 heterocycles. The van der Waals surface area contributed by atoms with Crippen molar-refractivity contribution < 1.29 is 19.1 Å². The number of ether oxygens (including phenoxy) is 1. The van der Waals surface area contributed by atoms with Gasteiger partial charge in [-0.15, -0.1) is 0 Å². The first-order valence-corrected chi connectivity index (χ1v) is 9.72. The smallest absolute Gasteiger partial charge is 0.261 e. The summed E-state index contributed by atoms with van der Waals surface area (Å²) in [4.78, 5) is 40.8. The van der Waals surface area contributed by atoms with Crippen LogP contribution in [0.5, 0.6) is 0 Å². The van der Waals surface area contributed by atoms with Gasteiger partial charge in [-0.2, -0.15) is 0 Å². The molecule has 0 aliphatic carbocycles. The molecule has 0 unspecified atom stereocenters. The van der Waals surface area contributed by atoms with E-state index < -0.39 is 0 Å². The van der Waals surface area contributed by atoms with Crippen LogP contribution in [0.15, 0.2) is 18.2 Å². The first-order valence-electron chi connectivity index (χ1n) is 9.72. The number of amides is 3. The van der Waals surface area contributed by atoms with E-state index in [1.807, 2.05) is 13.8 Å². The quantitative estimate of drug-likeness (QED) is 0.720. The van der Waals surface area contributed by atoms with Crippen LogP contribution in [0.3, 0.4) is 0 Å². The van der Waals surface area contributed by atoms with Gasteiger partial charge < -0.3 is 9.64 Å². The van der Waals surface area contributed by atoms with E-state index in [0.717, 1.165) is 32.5 Å². The summed E-state index contributed by atoms with van der Waals surface area (Å²) in [6.07, 6.45) is 3.04. The van der Waals surface area contributed by atoms with Gasteiger partial charge in [-0.25, -0.2) is 0 Å². The maximum Gasteiger partial charge on any atom is 0.261 e. The minimum absolute atomic E-state index is 0.118. The Bertz CT molecular complexity index is 738. The molecule has 6 heteroatoms. The van der Waals surface area contributed by atoms with E-state index in [4.69, 9.17) is 4.74 Å². The SMILES string of the molecule is CC(C)CN1C(=O)c2ccc(C(=O)N(C)CCC3CCOCC3)cc2C1=O. The van der Waals surface area contributed by atoms with Crippen molar-refractivity contribution in [1.29, 1.82) is 0 Å². The number of hydrogen-bond donors (Lipinski definition) is 0. The number of fused-ring (bicyclic) bond motifs is 1. The minimum Gasteiger partial charge on any atom is -0.381 e. The Balaban J connectivity index is 1.68. The Kier molecular flexibility index (Phi) is 5.95. The molecule has 2 aliphatic heterocycles. The fourth-order valence-corrected chi connectivity index (χ4v) is 3.69. The number of carbonyl (C=O) groups is 3. The summed E-state index contributed by atoms with van der Waals surface area (Å²) in [6, 6.07) is 4.83. The predicted octanol–water partition coefficient (Wildman–Crippen LogP) is 2.83. The topological polar surface area (TPSA) is 66.9 Å². The highest BCUT2D eigenvalue weighted by Crippen LogP contribution is 2.25. The molecular formula is C21H28N2O4. The summed E-state index contributed by atoms with van der Waals surface area (Å²) in [5.41, 5.74) is 1.18. The molecule has 0 spiro atoms. The Labute approximate surface area is 160 Å². The molecule has 0 atom stereocenters. The lowest BCUT2D eigenvalue weighted by atomic mass is 9.96. The van der Waals surface area contributed by atoms with Crippen molar-refractivity contribution in [2.45, 2.75) is 33.1 Å². The highest BCUT2D eigenvalue weighted by atomic mass is 16.5. The third-order valence-corrected chi connectivity index (χ3v) is 5.33. The largest absolute Gasteiger partial charge is 0.381 e.